The summed E-state index contributed by atoms with van der Waals surface area (Å²) in [4.78, 5) is 14.3. The maximum atomic E-state index is 10.3. The molecule has 4 heteroatoms. The van der Waals surface area contributed by atoms with Gasteiger partial charge in [-0.1, -0.05) is 0 Å². The van der Waals surface area contributed by atoms with Crippen LogP contribution in [0, 0.1) is 11.8 Å². The average Bonchev–Trinajstić information content (AvgIpc) is 2.23. The molecule has 0 amide bonds. The number of nitroso groups, excluding NO2 is 1. The van der Waals surface area contributed by atoms with E-state index in [0.717, 1.165) is 0 Å². The largest absolute Gasteiger partial charge is 0.505 e. The Labute approximate surface area is 80.2 Å². The van der Waals surface area contributed by atoms with Gasteiger partial charge in [-0.2, -0.15) is 0 Å². The van der Waals surface area contributed by atoms with E-state index in [-0.39, 0.29) is 5.75 Å². The maximum absolute atomic E-state index is 10.3. The zero-order chi connectivity index (χ0) is 10.1. The predicted octanol–water partition coefficient (Wildman–Crippen LogP) is 2.65. The van der Waals surface area contributed by atoms with Crippen molar-refractivity contribution in [1.29, 1.82) is 0 Å². The molecule has 0 radical (unpaired) electrons. The van der Waals surface area contributed by atoms with Gasteiger partial charge < -0.3 is 5.11 Å². The Morgan fingerprint density at radius 2 is 2.21 bits per heavy atom. The first-order valence-corrected chi connectivity index (χ1v) is 4.14. The van der Waals surface area contributed by atoms with E-state index in [9.17, 15) is 10.0 Å². The third-order valence-corrected chi connectivity index (χ3v) is 2.14. The van der Waals surface area contributed by atoms with E-state index in [1.165, 1.54) is 0 Å². The summed E-state index contributed by atoms with van der Waals surface area (Å²) in [5, 5.41) is 13.9. The molecule has 1 N–H and O–H groups in total. The molecular weight excluding hydrogens is 180 g/mol. The fourth-order valence-corrected chi connectivity index (χ4v) is 1.35. The molecule has 1 aromatic carbocycles. The molecule has 0 fully saturated rings. The van der Waals surface area contributed by atoms with Crippen LogP contribution in [0.5, 0.6) is 5.75 Å². The summed E-state index contributed by atoms with van der Waals surface area (Å²) in [6.07, 6.45) is 1.61. The minimum Gasteiger partial charge on any atom is -0.505 e. The van der Waals surface area contributed by atoms with Crippen molar-refractivity contribution in [2.45, 2.75) is 6.92 Å². The molecule has 4 nitrogen and oxygen atoms in total. The van der Waals surface area contributed by atoms with Crippen LogP contribution in [0.2, 0.25) is 0 Å². The second-order valence-electron chi connectivity index (χ2n) is 3.06. The topological polar surface area (TPSA) is 62.5 Å². The number of nitrogens with zero attached hydrogens (tertiary/aromatic N) is 2. The number of hydrogen-bond donors (Lipinski definition) is 1. The molecule has 0 saturated heterocycles. The van der Waals surface area contributed by atoms with E-state index in [2.05, 4.69) is 10.2 Å². The number of hydrogen-bond acceptors (Lipinski definition) is 4. The molecule has 14 heavy (non-hydrogen) atoms. The van der Waals surface area contributed by atoms with Crippen LogP contribution >= 0.6 is 0 Å². The Kier molecular flexibility index (Phi) is 1.89. The van der Waals surface area contributed by atoms with E-state index in [1.807, 2.05) is 0 Å². The normalized spacial score (nSPS) is 10.4. The molecule has 2 rings (SSSR count). The van der Waals surface area contributed by atoms with Crippen LogP contribution in [-0.4, -0.2) is 10.1 Å². The van der Waals surface area contributed by atoms with Crippen LogP contribution in [0.4, 0.5) is 5.69 Å². The number of fused-ring (bicyclic) bond motifs is 1. The van der Waals surface area contributed by atoms with Gasteiger partial charge in [0.1, 0.15) is 11.4 Å². The van der Waals surface area contributed by atoms with Crippen molar-refractivity contribution in [2.24, 2.45) is 5.18 Å². The molecule has 0 saturated carbocycles. The molecular formula is C10H8N2O2. The van der Waals surface area contributed by atoms with Crippen LogP contribution in [0.3, 0.4) is 0 Å². The maximum Gasteiger partial charge on any atom is 0.144 e. The average molecular weight is 188 g/mol. The summed E-state index contributed by atoms with van der Waals surface area (Å²) in [5.74, 6) is 0.153. The van der Waals surface area contributed by atoms with Gasteiger partial charge in [0.25, 0.3) is 0 Å². The molecule has 0 aliphatic carbocycles. The summed E-state index contributed by atoms with van der Waals surface area (Å²) >= 11 is 0. The van der Waals surface area contributed by atoms with Gasteiger partial charge in [-0.25, -0.2) is 0 Å². The van der Waals surface area contributed by atoms with E-state index in [1.54, 1.807) is 31.3 Å². The highest BCUT2D eigenvalue weighted by molar-refractivity contribution is 5.90. The van der Waals surface area contributed by atoms with E-state index in [4.69, 9.17) is 0 Å². The zero-order valence-electron chi connectivity index (χ0n) is 7.56. The van der Waals surface area contributed by atoms with Crippen molar-refractivity contribution in [3.8, 4) is 5.75 Å². The summed E-state index contributed by atoms with van der Waals surface area (Å²) in [6.45, 7) is 1.72. The second kappa shape index (κ2) is 3.06. The van der Waals surface area contributed by atoms with E-state index in [0.29, 0.717) is 22.2 Å². The molecule has 1 aromatic heterocycles. The van der Waals surface area contributed by atoms with Crippen molar-refractivity contribution < 1.29 is 5.11 Å². The fraction of sp³-hybridized carbons (Fsp3) is 0.100. The highest BCUT2D eigenvalue weighted by atomic mass is 16.3. The minimum absolute atomic E-state index is 0.153. The van der Waals surface area contributed by atoms with Crippen molar-refractivity contribution in [2.75, 3.05) is 0 Å². The summed E-state index contributed by atoms with van der Waals surface area (Å²) in [7, 11) is 0. The Balaban J connectivity index is 2.81. The second-order valence-corrected chi connectivity index (χ2v) is 3.06. The molecule has 0 aliphatic heterocycles. The van der Waals surface area contributed by atoms with Crippen LogP contribution in [0.25, 0.3) is 10.8 Å². The molecule has 0 spiro atoms. The van der Waals surface area contributed by atoms with Crippen molar-refractivity contribution in [3.63, 3.8) is 0 Å². The lowest BCUT2D eigenvalue weighted by Gasteiger charge is -2.02. The van der Waals surface area contributed by atoms with Gasteiger partial charge in [-0.05, 0) is 30.3 Å². The van der Waals surface area contributed by atoms with Gasteiger partial charge in [-0.3, -0.25) is 4.98 Å². The van der Waals surface area contributed by atoms with Crippen molar-refractivity contribution >= 4 is 16.5 Å². The third-order valence-electron chi connectivity index (χ3n) is 2.14. The van der Waals surface area contributed by atoms with Crippen LogP contribution in [0.15, 0.2) is 29.6 Å². The molecule has 0 aliphatic rings. The van der Waals surface area contributed by atoms with E-state index < -0.39 is 0 Å². The first-order valence-electron chi connectivity index (χ1n) is 4.14. The zero-order valence-corrected chi connectivity index (χ0v) is 7.56. The molecule has 0 bridgehead atoms. The van der Waals surface area contributed by atoms with Gasteiger partial charge in [-0.15, -0.1) is 4.91 Å². The number of rotatable bonds is 1. The van der Waals surface area contributed by atoms with Crippen LogP contribution in [-0.2, 0) is 0 Å². The molecule has 0 unspecified atom stereocenters. The van der Waals surface area contributed by atoms with Gasteiger partial charge in [0.2, 0.25) is 0 Å². The fourth-order valence-electron chi connectivity index (χ4n) is 1.35. The van der Waals surface area contributed by atoms with Gasteiger partial charge in [0.05, 0.1) is 5.69 Å². The highest BCUT2D eigenvalue weighted by Gasteiger charge is 2.04. The van der Waals surface area contributed by atoms with E-state index >= 15 is 0 Å². The standard InChI is InChI=1S/C10H8N2O2/c1-6-10(13)9-3-2-8(12-14)4-7(9)5-11-6/h2-5,13H,1H3. The molecule has 70 valence electrons. The first kappa shape index (κ1) is 8.62. The number of benzene rings is 1. The van der Waals surface area contributed by atoms with Crippen molar-refractivity contribution in [3.05, 3.63) is 35.0 Å². The molecule has 2 aromatic rings. The Hall–Kier alpha value is -1.97. The Morgan fingerprint density at radius 1 is 1.43 bits per heavy atom. The summed E-state index contributed by atoms with van der Waals surface area (Å²) in [6, 6.07) is 4.82. The SMILES string of the molecule is Cc1ncc2cc(N=O)ccc2c1O. The minimum atomic E-state index is 0.153. The first-order chi connectivity index (χ1) is 6.72. The Bertz CT molecular complexity index is 509. The monoisotopic (exact) mass is 188 g/mol. The lowest BCUT2D eigenvalue weighted by Crippen LogP contribution is -1.83. The smallest absolute Gasteiger partial charge is 0.144 e. The van der Waals surface area contributed by atoms with Gasteiger partial charge in [0.15, 0.2) is 0 Å². The summed E-state index contributed by atoms with van der Waals surface area (Å²) < 4.78 is 0. The number of aromatic nitrogens is 1. The van der Waals surface area contributed by atoms with Crippen LogP contribution in [0.1, 0.15) is 5.69 Å². The van der Waals surface area contributed by atoms with Crippen LogP contribution < -0.4 is 0 Å². The number of pyridine rings is 1. The predicted molar refractivity (Wildman–Crippen MR) is 53.6 cm³/mol. The molecule has 0 atom stereocenters. The van der Waals surface area contributed by atoms with Crippen molar-refractivity contribution in [1.82, 2.24) is 4.98 Å². The quantitative estimate of drug-likeness (QED) is 0.699. The summed E-state index contributed by atoms with van der Waals surface area (Å²) in [5.41, 5.74) is 0.909. The molecule has 1 heterocycles. The Morgan fingerprint density at radius 3 is 2.93 bits per heavy atom. The number of aromatic hydroxyl groups is 1. The number of aryl methyl sites for hydroxylation is 1. The van der Waals surface area contributed by atoms with Gasteiger partial charge >= 0.3 is 0 Å². The lowest BCUT2D eigenvalue weighted by atomic mass is 10.1. The highest BCUT2D eigenvalue weighted by Crippen LogP contribution is 2.28. The lowest BCUT2D eigenvalue weighted by molar-refractivity contribution is 0.474. The van der Waals surface area contributed by atoms with Gasteiger partial charge in [0, 0.05) is 17.0 Å². The third kappa shape index (κ3) is 1.21.